The molecule has 3 aromatic rings. The molecule has 1 saturated carbocycles. The molecule has 2 aliphatic heterocycles. The summed E-state index contributed by atoms with van der Waals surface area (Å²) in [5.74, 6) is 1.44. The number of fused-ring (bicyclic) bond motifs is 3. The molecule has 4 heterocycles. The average Bonchev–Trinajstić information content (AvgIpc) is 3.14. The van der Waals surface area contributed by atoms with Crippen LogP contribution in [0.4, 0.5) is 5.95 Å². The molecular formula is C27H31N5O4. The summed E-state index contributed by atoms with van der Waals surface area (Å²) in [6.45, 7) is 4.39. The first-order chi connectivity index (χ1) is 17.4. The van der Waals surface area contributed by atoms with Gasteiger partial charge in [-0.3, -0.25) is 4.79 Å². The van der Waals surface area contributed by atoms with Gasteiger partial charge in [-0.25, -0.2) is 9.97 Å². The Bertz CT molecular complexity index is 1300. The van der Waals surface area contributed by atoms with Crippen molar-refractivity contribution in [2.24, 2.45) is 11.8 Å². The highest BCUT2D eigenvalue weighted by Crippen LogP contribution is 2.48. The minimum absolute atomic E-state index is 0.144. The molecule has 36 heavy (non-hydrogen) atoms. The van der Waals surface area contributed by atoms with E-state index in [1.54, 1.807) is 20.0 Å². The van der Waals surface area contributed by atoms with Crippen LogP contribution >= 0.6 is 0 Å². The molecule has 6 rings (SSSR count). The molecule has 2 aromatic heterocycles. The zero-order chi connectivity index (χ0) is 24.9. The van der Waals surface area contributed by atoms with Gasteiger partial charge in [0.15, 0.2) is 11.4 Å². The van der Waals surface area contributed by atoms with Gasteiger partial charge in [0.2, 0.25) is 5.95 Å². The van der Waals surface area contributed by atoms with Crippen molar-refractivity contribution in [3.8, 4) is 11.3 Å². The van der Waals surface area contributed by atoms with Gasteiger partial charge in [-0.05, 0) is 55.9 Å². The third-order valence-electron chi connectivity index (χ3n) is 7.79. The van der Waals surface area contributed by atoms with Crippen LogP contribution in [-0.4, -0.2) is 71.7 Å². The van der Waals surface area contributed by atoms with E-state index in [4.69, 9.17) is 24.4 Å². The second kappa shape index (κ2) is 9.06. The number of ether oxygens (including phenoxy) is 2. The zero-order valence-corrected chi connectivity index (χ0v) is 20.6. The van der Waals surface area contributed by atoms with Crippen LogP contribution in [0.3, 0.4) is 0 Å². The Morgan fingerprint density at radius 2 is 1.92 bits per heavy atom. The maximum absolute atomic E-state index is 12.2. The third kappa shape index (κ3) is 4.01. The number of amides is 1. The molecule has 2 N–H and O–H groups in total. The monoisotopic (exact) mass is 489 g/mol. The second-order valence-electron chi connectivity index (χ2n) is 10.2. The quantitative estimate of drug-likeness (QED) is 0.576. The van der Waals surface area contributed by atoms with E-state index < -0.39 is 5.72 Å². The Kier molecular flexibility index (Phi) is 5.86. The van der Waals surface area contributed by atoms with Crippen molar-refractivity contribution in [1.82, 2.24) is 20.3 Å². The van der Waals surface area contributed by atoms with E-state index in [2.05, 4.69) is 11.4 Å². The maximum Gasteiger partial charge on any atom is 0.251 e. The van der Waals surface area contributed by atoms with E-state index in [0.717, 1.165) is 48.4 Å². The summed E-state index contributed by atoms with van der Waals surface area (Å²) in [4.78, 5) is 28.9. The number of anilines is 1. The van der Waals surface area contributed by atoms with Gasteiger partial charge in [-0.2, -0.15) is 4.98 Å². The topological polar surface area (TPSA) is 110 Å². The number of carbonyl (C=O) groups is 1. The minimum Gasteiger partial charge on any atom is -0.381 e. The van der Waals surface area contributed by atoms with Gasteiger partial charge in [0.05, 0.1) is 37.8 Å². The van der Waals surface area contributed by atoms with Crippen LogP contribution in [0.1, 0.15) is 41.7 Å². The molecule has 2 bridgehead atoms. The van der Waals surface area contributed by atoms with Crippen LogP contribution in [0, 0.1) is 11.8 Å². The fourth-order valence-corrected chi connectivity index (χ4v) is 5.94. The minimum atomic E-state index is -1.21. The SMILES string of the molecule is CNC(=O)c1cccc(-c2ccc3c(C4C5CCC4COC5)nc(N4CCOC[C@]4(C)O)nc3n2)c1. The van der Waals surface area contributed by atoms with Gasteiger partial charge >= 0.3 is 0 Å². The predicted octanol–water partition coefficient (Wildman–Crippen LogP) is 2.74. The van der Waals surface area contributed by atoms with E-state index in [-0.39, 0.29) is 18.4 Å². The molecule has 2 saturated heterocycles. The molecule has 3 aliphatic rings. The highest BCUT2D eigenvalue weighted by Gasteiger charge is 2.43. The van der Waals surface area contributed by atoms with Gasteiger partial charge in [-0.15, -0.1) is 0 Å². The van der Waals surface area contributed by atoms with Gasteiger partial charge in [-0.1, -0.05) is 12.1 Å². The summed E-state index contributed by atoms with van der Waals surface area (Å²) < 4.78 is 11.4. The number of hydrogen-bond acceptors (Lipinski definition) is 8. The molecule has 0 spiro atoms. The molecule has 1 aromatic carbocycles. The van der Waals surface area contributed by atoms with Crippen LogP contribution in [0.25, 0.3) is 22.3 Å². The number of nitrogens with one attached hydrogen (secondary N) is 1. The standard InChI is InChI=1S/C27H31N5O4/c1-27(34)15-35-11-10-32(27)26-30-23(22-18-6-7-19(22)14-36-13-18)20-8-9-21(29-24(20)31-26)16-4-3-5-17(12-16)25(33)28-2/h3-5,8-9,12,18-19,22,34H,6-7,10-11,13-15H2,1-2H3,(H,28,33)/t18?,19?,22?,27-/m0/s1. The van der Waals surface area contributed by atoms with Crippen molar-refractivity contribution < 1.29 is 19.4 Å². The lowest BCUT2D eigenvalue weighted by Crippen LogP contribution is -2.56. The van der Waals surface area contributed by atoms with Crippen molar-refractivity contribution in [2.75, 3.05) is 44.9 Å². The van der Waals surface area contributed by atoms with Gasteiger partial charge in [0.1, 0.15) is 0 Å². The lowest BCUT2D eigenvalue weighted by molar-refractivity contribution is -0.0631. The predicted molar refractivity (Wildman–Crippen MR) is 135 cm³/mol. The number of benzene rings is 1. The summed E-state index contributed by atoms with van der Waals surface area (Å²) in [6, 6.07) is 11.4. The van der Waals surface area contributed by atoms with E-state index in [1.807, 2.05) is 29.2 Å². The van der Waals surface area contributed by atoms with E-state index in [1.165, 1.54) is 0 Å². The van der Waals surface area contributed by atoms with Crippen molar-refractivity contribution in [2.45, 2.75) is 31.4 Å². The van der Waals surface area contributed by atoms with Crippen molar-refractivity contribution in [1.29, 1.82) is 0 Å². The van der Waals surface area contributed by atoms with Crippen LogP contribution in [-0.2, 0) is 9.47 Å². The van der Waals surface area contributed by atoms with Crippen LogP contribution in [0.5, 0.6) is 0 Å². The summed E-state index contributed by atoms with van der Waals surface area (Å²) in [5, 5.41) is 14.7. The molecule has 188 valence electrons. The summed E-state index contributed by atoms with van der Waals surface area (Å²) in [5.41, 5.74) is 2.51. The first-order valence-electron chi connectivity index (χ1n) is 12.6. The number of aromatic nitrogens is 3. The van der Waals surface area contributed by atoms with E-state index in [0.29, 0.717) is 42.1 Å². The first-order valence-corrected chi connectivity index (χ1v) is 12.6. The number of nitrogens with zero attached hydrogens (tertiary/aromatic N) is 4. The molecule has 1 amide bonds. The lowest BCUT2D eigenvalue weighted by atomic mass is 9.84. The third-order valence-corrected chi connectivity index (χ3v) is 7.79. The van der Waals surface area contributed by atoms with Crippen molar-refractivity contribution in [3.63, 3.8) is 0 Å². The highest BCUT2D eigenvalue weighted by molar-refractivity contribution is 5.95. The smallest absolute Gasteiger partial charge is 0.251 e. The number of morpholine rings is 1. The number of carbonyl (C=O) groups excluding carboxylic acids is 1. The normalized spacial score (nSPS) is 27.9. The second-order valence-corrected chi connectivity index (χ2v) is 10.2. The summed E-state index contributed by atoms with van der Waals surface area (Å²) >= 11 is 0. The molecule has 3 fully saturated rings. The first kappa shape index (κ1) is 23.3. The summed E-state index contributed by atoms with van der Waals surface area (Å²) in [7, 11) is 1.62. The van der Waals surface area contributed by atoms with E-state index in [9.17, 15) is 9.90 Å². The number of pyridine rings is 1. The van der Waals surface area contributed by atoms with Crippen molar-refractivity contribution in [3.05, 3.63) is 47.7 Å². The molecule has 9 heteroatoms. The van der Waals surface area contributed by atoms with Gasteiger partial charge in [0.25, 0.3) is 5.91 Å². The fourth-order valence-electron chi connectivity index (χ4n) is 5.94. The van der Waals surface area contributed by atoms with Crippen LogP contribution < -0.4 is 10.2 Å². The Morgan fingerprint density at radius 3 is 2.67 bits per heavy atom. The molecule has 2 unspecified atom stereocenters. The Balaban J connectivity index is 1.50. The van der Waals surface area contributed by atoms with E-state index >= 15 is 0 Å². The Morgan fingerprint density at radius 1 is 1.11 bits per heavy atom. The summed E-state index contributed by atoms with van der Waals surface area (Å²) in [6.07, 6.45) is 2.26. The van der Waals surface area contributed by atoms with Gasteiger partial charge in [0, 0.05) is 36.0 Å². The maximum atomic E-state index is 12.2. The fraction of sp³-hybridized carbons (Fsp3) is 0.481. The van der Waals surface area contributed by atoms with Crippen LogP contribution in [0.15, 0.2) is 36.4 Å². The Labute approximate surface area is 209 Å². The zero-order valence-electron chi connectivity index (χ0n) is 20.6. The Hall–Kier alpha value is -3.14. The average molecular weight is 490 g/mol. The molecule has 0 radical (unpaired) electrons. The van der Waals surface area contributed by atoms with Crippen LogP contribution in [0.2, 0.25) is 0 Å². The van der Waals surface area contributed by atoms with Crippen molar-refractivity contribution >= 4 is 22.9 Å². The molecule has 1 aliphatic carbocycles. The van der Waals surface area contributed by atoms with Gasteiger partial charge < -0.3 is 24.8 Å². The number of rotatable bonds is 4. The largest absolute Gasteiger partial charge is 0.381 e. The lowest BCUT2D eigenvalue weighted by Gasteiger charge is -2.40. The molecule has 3 atom stereocenters. The molecule has 9 nitrogen and oxygen atoms in total. The molecular weight excluding hydrogens is 458 g/mol. The number of hydrogen-bond donors (Lipinski definition) is 2. The highest BCUT2D eigenvalue weighted by atomic mass is 16.5. The number of aliphatic hydroxyl groups is 1.